The summed E-state index contributed by atoms with van der Waals surface area (Å²) in [6, 6.07) is 0.424. The van der Waals surface area contributed by atoms with Crippen LogP contribution in [0.1, 0.15) is 44.1 Å². The number of aryl methyl sites for hydroxylation is 2. The molecule has 0 aliphatic carbocycles. The number of hydrogen-bond donors (Lipinski definition) is 2. The molecule has 2 aliphatic rings. The van der Waals surface area contributed by atoms with Crippen molar-refractivity contribution in [2.45, 2.75) is 63.4 Å². The molecule has 3 rings (SSSR count). The first-order chi connectivity index (χ1) is 12.3. The number of carbonyl (C=O) groups is 1. The number of nitrogens with zero attached hydrogens (tertiary/aromatic N) is 2. The quantitative estimate of drug-likeness (QED) is 0.801. The highest BCUT2D eigenvalue weighted by Crippen LogP contribution is 2.27. The Morgan fingerprint density at radius 1 is 1.27 bits per heavy atom. The lowest BCUT2D eigenvalue weighted by atomic mass is 9.94. The monoisotopic (exact) mass is 384 g/mol. The molecule has 2 N–H and O–H groups in total. The van der Waals surface area contributed by atoms with Crippen molar-refractivity contribution < 1.29 is 17.7 Å². The number of hydrogen-bond acceptors (Lipinski definition) is 6. The fourth-order valence-corrected chi connectivity index (χ4v) is 5.63. The van der Waals surface area contributed by atoms with Crippen LogP contribution in [-0.4, -0.2) is 55.5 Å². The number of carbonyl (C=O) groups excluding carboxylic acids is 1. The van der Waals surface area contributed by atoms with Crippen molar-refractivity contribution in [2.24, 2.45) is 5.92 Å². The lowest BCUT2D eigenvalue weighted by Gasteiger charge is -2.34. The van der Waals surface area contributed by atoms with Gasteiger partial charge in [-0.3, -0.25) is 4.79 Å². The standard InChI is InChI=1S/C17H28N4O4S/c1-11-15(5-4-8-18-11)19-17(22)14-6-9-21(10-7-14)26(23,24)16-12(2)20-25-13(16)3/h11,14-15,18H,4-10H2,1-3H3,(H,19,22). The van der Waals surface area contributed by atoms with Crippen molar-refractivity contribution >= 4 is 15.9 Å². The molecule has 8 nitrogen and oxygen atoms in total. The van der Waals surface area contributed by atoms with E-state index in [9.17, 15) is 13.2 Å². The molecule has 0 radical (unpaired) electrons. The molecule has 0 saturated carbocycles. The molecule has 2 fully saturated rings. The summed E-state index contributed by atoms with van der Waals surface area (Å²) < 4.78 is 32.1. The summed E-state index contributed by atoms with van der Waals surface area (Å²) in [7, 11) is -3.63. The van der Waals surface area contributed by atoms with E-state index in [4.69, 9.17) is 4.52 Å². The molecule has 26 heavy (non-hydrogen) atoms. The van der Waals surface area contributed by atoms with Gasteiger partial charge in [-0.05, 0) is 53.0 Å². The highest BCUT2D eigenvalue weighted by atomic mass is 32.2. The van der Waals surface area contributed by atoms with Crippen LogP contribution in [0.15, 0.2) is 9.42 Å². The predicted octanol–water partition coefficient (Wildman–Crippen LogP) is 0.949. The van der Waals surface area contributed by atoms with E-state index in [-0.39, 0.29) is 28.8 Å². The normalized spacial score (nSPS) is 26.0. The second kappa shape index (κ2) is 7.66. The second-order valence-electron chi connectivity index (χ2n) is 7.33. The molecule has 2 atom stereocenters. The SMILES string of the molecule is Cc1noc(C)c1S(=O)(=O)N1CCC(C(=O)NC2CCCNC2C)CC1. The van der Waals surface area contributed by atoms with E-state index < -0.39 is 10.0 Å². The zero-order valence-electron chi connectivity index (χ0n) is 15.6. The summed E-state index contributed by atoms with van der Waals surface area (Å²) in [5, 5.41) is 10.3. The Labute approximate surface area is 154 Å². The van der Waals surface area contributed by atoms with Crippen LogP contribution in [0.25, 0.3) is 0 Å². The predicted molar refractivity (Wildman–Crippen MR) is 96.1 cm³/mol. The van der Waals surface area contributed by atoms with Crippen molar-refractivity contribution in [1.82, 2.24) is 20.1 Å². The summed E-state index contributed by atoms with van der Waals surface area (Å²) in [5.74, 6) is 0.210. The van der Waals surface area contributed by atoms with Gasteiger partial charge in [0.2, 0.25) is 15.9 Å². The Hall–Kier alpha value is -1.45. The van der Waals surface area contributed by atoms with Crippen molar-refractivity contribution in [3.63, 3.8) is 0 Å². The van der Waals surface area contributed by atoms with Gasteiger partial charge in [-0.1, -0.05) is 5.16 Å². The minimum absolute atomic E-state index is 0.0416. The van der Waals surface area contributed by atoms with Crippen molar-refractivity contribution in [2.75, 3.05) is 19.6 Å². The van der Waals surface area contributed by atoms with E-state index in [1.807, 2.05) is 0 Å². The minimum Gasteiger partial charge on any atom is -0.360 e. The van der Waals surface area contributed by atoms with Gasteiger partial charge < -0.3 is 15.2 Å². The first kappa shape index (κ1) is 19.3. The molecular weight excluding hydrogens is 356 g/mol. The topological polar surface area (TPSA) is 105 Å². The Bertz CT molecular complexity index is 733. The van der Waals surface area contributed by atoms with Gasteiger partial charge in [0, 0.05) is 31.1 Å². The smallest absolute Gasteiger partial charge is 0.248 e. The van der Waals surface area contributed by atoms with Crippen LogP contribution < -0.4 is 10.6 Å². The Balaban J connectivity index is 1.59. The highest BCUT2D eigenvalue weighted by molar-refractivity contribution is 7.89. The molecule has 3 heterocycles. The third-order valence-electron chi connectivity index (χ3n) is 5.48. The summed E-state index contributed by atoms with van der Waals surface area (Å²) in [5.41, 5.74) is 0.376. The molecule has 2 saturated heterocycles. The number of amides is 1. The maximum Gasteiger partial charge on any atom is 0.248 e. The summed E-state index contributed by atoms with van der Waals surface area (Å²) in [6.07, 6.45) is 3.11. The molecule has 1 aromatic heterocycles. The summed E-state index contributed by atoms with van der Waals surface area (Å²) >= 11 is 0. The molecule has 146 valence electrons. The number of aromatic nitrogens is 1. The van der Waals surface area contributed by atoms with Gasteiger partial charge in [-0.2, -0.15) is 4.31 Å². The number of sulfonamides is 1. The van der Waals surface area contributed by atoms with Crippen LogP contribution in [0, 0.1) is 19.8 Å². The Kier molecular flexibility index (Phi) is 5.69. The van der Waals surface area contributed by atoms with E-state index in [1.165, 1.54) is 4.31 Å². The molecule has 0 bridgehead atoms. The van der Waals surface area contributed by atoms with E-state index in [0.29, 0.717) is 37.4 Å². The van der Waals surface area contributed by atoms with Crippen LogP contribution in [0.4, 0.5) is 0 Å². The fraction of sp³-hybridized carbons (Fsp3) is 0.765. The highest BCUT2D eigenvalue weighted by Gasteiger charge is 2.36. The average Bonchev–Trinajstić information content (AvgIpc) is 2.96. The summed E-state index contributed by atoms with van der Waals surface area (Å²) in [6.45, 7) is 6.98. The molecule has 2 aliphatic heterocycles. The van der Waals surface area contributed by atoms with Gasteiger partial charge in [0.05, 0.1) is 0 Å². The van der Waals surface area contributed by atoms with Gasteiger partial charge in [-0.25, -0.2) is 8.42 Å². The minimum atomic E-state index is -3.63. The number of piperidine rings is 2. The molecule has 0 aromatic carbocycles. The van der Waals surface area contributed by atoms with Crippen LogP contribution in [-0.2, 0) is 14.8 Å². The Morgan fingerprint density at radius 2 is 1.96 bits per heavy atom. The lowest BCUT2D eigenvalue weighted by Crippen LogP contribution is -2.54. The third kappa shape index (κ3) is 3.79. The van der Waals surface area contributed by atoms with Crippen molar-refractivity contribution in [3.8, 4) is 0 Å². The van der Waals surface area contributed by atoms with Crippen LogP contribution >= 0.6 is 0 Å². The zero-order chi connectivity index (χ0) is 18.9. The Morgan fingerprint density at radius 3 is 2.54 bits per heavy atom. The van der Waals surface area contributed by atoms with Crippen molar-refractivity contribution in [1.29, 1.82) is 0 Å². The van der Waals surface area contributed by atoms with Crippen LogP contribution in [0.2, 0.25) is 0 Å². The lowest BCUT2D eigenvalue weighted by molar-refractivity contribution is -0.127. The van der Waals surface area contributed by atoms with E-state index >= 15 is 0 Å². The maximum atomic E-state index is 12.8. The fourth-order valence-electron chi connectivity index (χ4n) is 3.87. The maximum absolute atomic E-state index is 12.8. The van der Waals surface area contributed by atoms with Gasteiger partial charge in [-0.15, -0.1) is 0 Å². The summed E-state index contributed by atoms with van der Waals surface area (Å²) in [4.78, 5) is 12.7. The molecule has 1 amide bonds. The molecule has 1 aromatic rings. The number of nitrogens with one attached hydrogen (secondary N) is 2. The van der Waals surface area contributed by atoms with Gasteiger partial charge in [0.25, 0.3) is 0 Å². The second-order valence-corrected chi connectivity index (χ2v) is 9.21. The van der Waals surface area contributed by atoms with E-state index in [2.05, 4.69) is 22.7 Å². The molecular formula is C17H28N4O4S. The largest absolute Gasteiger partial charge is 0.360 e. The van der Waals surface area contributed by atoms with Crippen molar-refractivity contribution in [3.05, 3.63) is 11.5 Å². The van der Waals surface area contributed by atoms with Gasteiger partial charge >= 0.3 is 0 Å². The van der Waals surface area contributed by atoms with E-state index in [1.54, 1.807) is 13.8 Å². The van der Waals surface area contributed by atoms with Gasteiger partial charge in [0.1, 0.15) is 10.6 Å². The first-order valence-electron chi connectivity index (χ1n) is 9.27. The third-order valence-corrected chi connectivity index (χ3v) is 7.62. The van der Waals surface area contributed by atoms with Crippen LogP contribution in [0.3, 0.4) is 0 Å². The van der Waals surface area contributed by atoms with Crippen LogP contribution in [0.5, 0.6) is 0 Å². The number of rotatable bonds is 4. The molecule has 0 spiro atoms. The average molecular weight is 385 g/mol. The molecule has 9 heteroatoms. The van der Waals surface area contributed by atoms with Gasteiger partial charge in [0.15, 0.2) is 5.76 Å². The first-order valence-corrected chi connectivity index (χ1v) is 10.7. The van der Waals surface area contributed by atoms with E-state index in [0.717, 1.165) is 19.4 Å². The molecule has 2 unspecified atom stereocenters. The zero-order valence-corrected chi connectivity index (χ0v) is 16.4.